The van der Waals surface area contributed by atoms with Crippen LogP contribution in [0.15, 0.2) is 23.8 Å². The maximum Gasteiger partial charge on any atom is 0.490 e. The number of halogens is 3. The smallest absolute Gasteiger partial charge is 0.481 e. The van der Waals surface area contributed by atoms with E-state index in [9.17, 15) is 13.2 Å². The number of nitrogens with zero attached hydrogens (tertiary/aromatic N) is 3. The van der Waals surface area contributed by atoms with Crippen LogP contribution in [0.4, 0.5) is 13.2 Å². The Labute approximate surface area is 152 Å². The molecule has 26 heavy (non-hydrogen) atoms. The van der Waals surface area contributed by atoms with E-state index in [1.54, 1.807) is 13.4 Å². The van der Waals surface area contributed by atoms with Crippen LogP contribution in [0.25, 0.3) is 0 Å². The highest BCUT2D eigenvalue weighted by Crippen LogP contribution is 2.23. The third kappa shape index (κ3) is 5.67. The van der Waals surface area contributed by atoms with Gasteiger partial charge in [0.25, 0.3) is 0 Å². The van der Waals surface area contributed by atoms with Crippen molar-refractivity contribution in [3.05, 3.63) is 40.0 Å². The first-order valence-electron chi connectivity index (χ1n) is 7.73. The molecule has 0 fully saturated rings. The van der Waals surface area contributed by atoms with Gasteiger partial charge in [-0.2, -0.15) is 13.2 Å². The van der Waals surface area contributed by atoms with E-state index in [4.69, 9.17) is 14.6 Å². The summed E-state index contributed by atoms with van der Waals surface area (Å²) in [4.78, 5) is 21.4. The zero-order valence-corrected chi connectivity index (χ0v) is 14.8. The van der Waals surface area contributed by atoms with Gasteiger partial charge in [-0.05, 0) is 17.9 Å². The number of carboxylic acids is 1. The van der Waals surface area contributed by atoms with Crippen molar-refractivity contribution in [1.29, 1.82) is 0 Å². The molecule has 0 saturated heterocycles. The Morgan fingerprint density at radius 2 is 2.04 bits per heavy atom. The first kappa shape index (κ1) is 20.1. The summed E-state index contributed by atoms with van der Waals surface area (Å²) < 4.78 is 37.1. The second-order valence-corrected chi connectivity index (χ2v) is 6.50. The lowest BCUT2D eigenvalue weighted by molar-refractivity contribution is -0.192. The maximum atomic E-state index is 10.6. The third-order valence-electron chi connectivity index (χ3n) is 3.73. The quantitative estimate of drug-likeness (QED) is 0.870. The molecule has 1 aliphatic heterocycles. The molecule has 0 radical (unpaired) electrons. The van der Waals surface area contributed by atoms with Gasteiger partial charge in [-0.25, -0.2) is 14.8 Å². The Balaban J connectivity index is 0.000000298. The number of thiophene rings is 1. The number of fused-ring (bicyclic) bond motifs is 1. The van der Waals surface area contributed by atoms with E-state index in [1.165, 1.54) is 10.4 Å². The summed E-state index contributed by atoms with van der Waals surface area (Å²) in [5.74, 6) is -2.02. The average Bonchev–Trinajstić information content (AvgIpc) is 3.01. The highest BCUT2D eigenvalue weighted by atomic mass is 32.1. The molecule has 0 bridgehead atoms. The van der Waals surface area contributed by atoms with Gasteiger partial charge in [-0.15, -0.1) is 11.3 Å². The van der Waals surface area contributed by atoms with Gasteiger partial charge in [0.05, 0.1) is 12.8 Å². The summed E-state index contributed by atoms with van der Waals surface area (Å²) in [7, 11) is 1.68. The van der Waals surface area contributed by atoms with E-state index in [1.807, 2.05) is 11.3 Å². The molecule has 6 nitrogen and oxygen atoms in total. The van der Waals surface area contributed by atoms with Crippen LogP contribution < -0.4 is 4.74 Å². The maximum absolute atomic E-state index is 10.6. The molecule has 1 N–H and O–H groups in total. The zero-order valence-electron chi connectivity index (χ0n) is 14.0. The van der Waals surface area contributed by atoms with Crippen molar-refractivity contribution >= 4 is 17.3 Å². The zero-order chi connectivity index (χ0) is 19.2. The Morgan fingerprint density at radius 3 is 2.62 bits per heavy atom. The van der Waals surface area contributed by atoms with Crippen molar-refractivity contribution in [2.75, 3.05) is 20.2 Å². The monoisotopic (exact) mass is 389 g/mol. The molecule has 0 aliphatic carbocycles. The number of ether oxygens (including phenoxy) is 1. The predicted octanol–water partition coefficient (Wildman–Crippen LogP) is 2.78. The van der Waals surface area contributed by atoms with Crippen molar-refractivity contribution in [3.8, 4) is 5.88 Å². The van der Waals surface area contributed by atoms with Crippen LogP contribution in [0.2, 0.25) is 0 Å². The van der Waals surface area contributed by atoms with E-state index in [0.717, 1.165) is 44.0 Å². The lowest BCUT2D eigenvalue weighted by atomic mass is 10.1. The van der Waals surface area contributed by atoms with Crippen molar-refractivity contribution in [3.63, 3.8) is 0 Å². The summed E-state index contributed by atoms with van der Waals surface area (Å²) in [6.07, 6.45) is -1.54. The van der Waals surface area contributed by atoms with Crippen LogP contribution in [-0.2, 0) is 24.2 Å². The minimum Gasteiger partial charge on any atom is -0.481 e. The number of rotatable bonds is 3. The van der Waals surface area contributed by atoms with Gasteiger partial charge in [-0.3, -0.25) is 4.90 Å². The molecule has 1 aliphatic rings. The Bertz CT molecular complexity index is 723. The van der Waals surface area contributed by atoms with Gasteiger partial charge in [0.1, 0.15) is 6.33 Å². The lowest BCUT2D eigenvalue weighted by Crippen LogP contribution is -2.25. The fraction of sp³-hybridized carbons (Fsp3) is 0.438. The standard InChI is InChI=1S/C14H17N3OS.C2HF3O2/c1-18-14-12-4-6-17(9-11-3-2-8-19-11)7-5-13(12)15-10-16-14;3-2(4,5)1(6)7/h2-3,8,10H,4-7,9H2,1H3;(H,6,7). The Kier molecular flexibility index (Phi) is 6.92. The SMILES string of the molecule is COc1ncnc2c1CCN(Cc1cccs1)CC2.O=C(O)C(F)(F)F. The number of hydrogen-bond acceptors (Lipinski definition) is 6. The van der Waals surface area contributed by atoms with Crippen LogP contribution in [0.3, 0.4) is 0 Å². The molecule has 0 unspecified atom stereocenters. The van der Waals surface area contributed by atoms with E-state index >= 15 is 0 Å². The van der Waals surface area contributed by atoms with Gasteiger partial charge in [0.15, 0.2) is 0 Å². The Morgan fingerprint density at radius 1 is 1.35 bits per heavy atom. The molecule has 0 amide bonds. The molecule has 2 aromatic heterocycles. The fourth-order valence-electron chi connectivity index (χ4n) is 2.50. The number of hydrogen-bond donors (Lipinski definition) is 1. The molecular weight excluding hydrogens is 371 g/mol. The normalized spacial score (nSPS) is 14.6. The van der Waals surface area contributed by atoms with Crippen molar-refractivity contribution in [2.24, 2.45) is 0 Å². The summed E-state index contributed by atoms with van der Waals surface area (Å²) in [5.41, 5.74) is 2.32. The third-order valence-corrected chi connectivity index (χ3v) is 4.59. The number of aliphatic carboxylic acids is 1. The molecule has 142 valence electrons. The second-order valence-electron chi connectivity index (χ2n) is 5.47. The first-order valence-corrected chi connectivity index (χ1v) is 8.60. The van der Waals surface area contributed by atoms with E-state index in [2.05, 4.69) is 32.4 Å². The molecular formula is C16H18F3N3O3S. The lowest BCUT2D eigenvalue weighted by Gasteiger charge is -2.18. The van der Waals surface area contributed by atoms with Gasteiger partial charge in [-0.1, -0.05) is 6.07 Å². The van der Waals surface area contributed by atoms with E-state index in [0.29, 0.717) is 0 Å². The molecule has 3 rings (SSSR count). The molecule has 2 aromatic rings. The van der Waals surface area contributed by atoms with Crippen molar-refractivity contribution in [2.45, 2.75) is 25.6 Å². The topological polar surface area (TPSA) is 75.6 Å². The summed E-state index contributed by atoms with van der Waals surface area (Å²) in [5, 5.41) is 9.26. The predicted molar refractivity (Wildman–Crippen MR) is 89.3 cm³/mol. The van der Waals surface area contributed by atoms with Gasteiger partial charge < -0.3 is 9.84 Å². The highest BCUT2D eigenvalue weighted by molar-refractivity contribution is 7.09. The highest BCUT2D eigenvalue weighted by Gasteiger charge is 2.38. The fourth-order valence-corrected chi connectivity index (χ4v) is 3.25. The van der Waals surface area contributed by atoms with Crippen molar-refractivity contribution < 1.29 is 27.8 Å². The number of carboxylic acid groups (broad SMARTS) is 1. The molecule has 0 aromatic carbocycles. The minimum absolute atomic E-state index is 0.739. The van der Waals surface area contributed by atoms with Crippen LogP contribution in [-0.4, -0.2) is 52.3 Å². The summed E-state index contributed by atoms with van der Waals surface area (Å²) in [6.45, 7) is 3.11. The molecule has 3 heterocycles. The van der Waals surface area contributed by atoms with Crippen molar-refractivity contribution in [1.82, 2.24) is 14.9 Å². The number of carbonyl (C=O) groups is 1. The van der Waals surface area contributed by atoms with E-state index < -0.39 is 12.1 Å². The largest absolute Gasteiger partial charge is 0.490 e. The summed E-state index contributed by atoms with van der Waals surface area (Å²) in [6, 6.07) is 4.31. The Hall–Kier alpha value is -2.20. The second kappa shape index (κ2) is 8.95. The number of methoxy groups -OCH3 is 1. The van der Waals surface area contributed by atoms with Gasteiger partial charge >= 0.3 is 12.1 Å². The molecule has 10 heteroatoms. The number of alkyl halides is 3. The summed E-state index contributed by atoms with van der Waals surface area (Å²) >= 11 is 1.82. The average molecular weight is 389 g/mol. The molecule has 0 spiro atoms. The first-order chi connectivity index (χ1) is 12.3. The minimum atomic E-state index is -5.08. The van der Waals surface area contributed by atoms with Gasteiger partial charge in [0.2, 0.25) is 5.88 Å². The van der Waals surface area contributed by atoms with E-state index in [-0.39, 0.29) is 0 Å². The van der Waals surface area contributed by atoms with Crippen LogP contribution in [0.5, 0.6) is 5.88 Å². The van der Waals surface area contributed by atoms with Crippen LogP contribution in [0, 0.1) is 0 Å². The molecule has 0 saturated carbocycles. The van der Waals surface area contributed by atoms with Gasteiger partial charge in [0, 0.05) is 36.5 Å². The van der Waals surface area contributed by atoms with Crippen LogP contribution >= 0.6 is 11.3 Å². The number of aromatic nitrogens is 2. The molecule has 0 atom stereocenters. The van der Waals surface area contributed by atoms with Crippen LogP contribution in [0.1, 0.15) is 16.1 Å².